The summed E-state index contributed by atoms with van der Waals surface area (Å²) in [7, 11) is 1.11. The van der Waals surface area contributed by atoms with Gasteiger partial charge in [0, 0.05) is 13.1 Å². The Morgan fingerprint density at radius 3 is 2.33 bits per heavy atom. The van der Waals surface area contributed by atoms with Gasteiger partial charge in [-0.3, -0.25) is 15.0 Å². The van der Waals surface area contributed by atoms with Gasteiger partial charge in [-0.25, -0.2) is 13.6 Å². The highest BCUT2D eigenvalue weighted by atomic mass is 19.1. The van der Waals surface area contributed by atoms with Crippen molar-refractivity contribution >= 4 is 17.9 Å². The summed E-state index contributed by atoms with van der Waals surface area (Å²) < 4.78 is 26.9. The second-order valence-corrected chi connectivity index (χ2v) is 3.27. The molecule has 1 N–H and O–H groups in total. The highest BCUT2D eigenvalue weighted by Gasteiger charge is 2.15. The maximum absolute atomic E-state index is 13.5. The fourth-order valence-electron chi connectivity index (χ4n) is 1.17. The Morgan fingerprint density at radius 2 is 1.94 bits per heavy atom. The predicted octanol–water partition coefficient (Wildman–Crippen LogP) is 2.33. The quantitative estimate of drug-likeness (QED) is 0.666. The van der Waals surface area contributed by atoms with Crippen LogP contribution in [0.3, 0.4) is 0 Å². The highest BCUT2D eigenvalue weighted by molar-refractivity contribution is 5.85. The number of benzene rings is 1. The van der Waals surface area contributed by atoms with Crippen LogP contribution in [0.2, 0.25) is 0 Å². The maximum atomic E-state index is 13.5. The van der Waals surface area contributed by atoms with Gasteiger partial charge < -0.3 is 5.11 Å². The van der Waals surface area contributed by atoms with Gasteiger partial charge in [0.2, 0.25) is 6.20 Å². The lowest BCUT2D eigenvalue weighted by Crippen LogP contribution is -2.24. The lowest BCUT2D eigenvalue weighted by molar-refractivity contribution is -0.401. The summed E-state index contributed by atoms with van der Waals surface area (Å²) in [6, 6.07) is 1.55. The normalized spacial score (nSPS) is 10.6. The zero-order valence-electron chi connectivity index (χ0n) is 9.13. The van der Waals surface area contributed by atoms with Crippen LogP contribution in [0, 0.1) is 21.7 Å². The topological polar surface area (TPSA) is 83.7 Å². The van der Waals surface area contributed by atoms with Crippen molar-refractivity contribution in [1.29, 1.82) is 0 Å². The fraction of sp³-hybridized carbons (Fsp3) is 0.100. The maximum Gasteiger partial charge on any atom is 0.411 e. The van der Waals surface area contributed by atoms with Gasteiger partial charge in [0.1, 0.15) is 11.6 Å². The molecule has 0 spiro atoms. The number of hydrogen-bond acceptors (Lipinski definition) is 3. The van der Waals surface area contributed by atoms with Gasteiger partial charge in [-0.1, -0.05) is 0 Å². The van der Waals surface area contributed by atoms with Crippen LogP contribution in [0.1, 0.15) is 5.56 Å². The minimum Gasteiger partial charge on any atom is -0.465 e. The minimum atomic E-state index is -1.39. The Balaban J connectivity index is 3.20. The highest BCUT2D eigenvalue weighted by Crippen LogP contribution is 2.22. The van der Waals surface area contributed by atoms with E-state index in [4.69, 9.17) is 5.11 Å². The molecule has 18 heavy (non-hydrogen) atoms. The number of carboxylic acid groups (broad SMARTS) is 1. The summed E-state index contributed by atoms with van der Waals surface area (Å²) in [5, 5.41) is 18.7. The second-order valence-electron chi connectivity index (χ2n) is 3.27. The van der Waals surface area contributed by atoms with E-state index in [1.165, 1.54) is 0 Å². The molecule has 1 amide bonds. The van der Waals surface area contributed by atoms with Gasteiger partial charge in [-0.05, 0) is 12.1 Å². The first-order chi connectivity index (χ1) is 8.32. The number of rotatable bonds is 3. The Kier molecular flexibility index (Phi) is 3.93. The van der Waals surface area contributed by atoms with E-state index in [9.17, 15) is 23.7 Å². The molecule has 0 heterocycles. The van der Waals surface area contributed by atoms with Crippen molar-refractivity contribution in [3.63, 3.8) is 0 Å². The number of amides is 1. The van der Waals surface area contributed by atoms with Gasteiger partial charge in [-0.2, -0.15) is 0 Å². The van der Waals surface area contributed by atoms with Crippen LogP contribution >= 0.6 is 0 Å². The van der Waals surface area contributed by atoms with Crippen LogP contribution in [0.25, 0.3) is 6.08 Å². The molecule has 0 aromatic heterocycles. The third-order valence-electron chi connectivity index (χ3n) is 2.10. The lowest BCUT2D eigenvalue weighted by Gasteiger charge is -2.13. The molecular formula is C10H8F2N2O4. The molecule has 1 aromatic carbocycles. The van der Waals surface area contributed by atoms with Crippen molar-refractivity contribution in [3.8, 4) is 0 Å². The molecule has 0 atom stereocenters. The first kappa shape index (κ1) is 13.6. The van der Waals surface area contributed by atoms with E-state index in [1.54, 1.807) is 0 Å². The summed E-state index contributed by atoms with van der Waals surface area (Å²) in [5.41, 5.74) is -0.815. The van der Waals surface area contributed by atoms with Crippen LogP contribution in [-0.2, 0) is 0 Å². The smallest absolute Gasteiger partial charge is 0.411 e. The summed E-state index contributed by atoms with van der Waals surface area (Å²) in [6.07, 6.45) is -0.334. The van der Waals surface area contributed by atoms with Gasteiger partial charge in [0.25, 0.3) is 0 Å². The van der Waals surface area contributed by atoms with E-state index in [2.05, 4.69) is 0 Å². The molecule has 0 saturated heterocycles. The molecule has 0 fully saturated rings. The molecule has 0 unspecified atom stereocenters. The van der Waals surface area contributed by atoms with Crippen LogP contribution < -0.4 is 4.90 Å². The lowest BCUT2D eigenvalue weighted by atomic mass is 10.1. The van der Waals surface area contributed by atoms with Gasteiger partial charge in [0.15, 0.2) is 0 Å². The Hall–Kier alpha value is -2.51. The molecule has 0 radical (unpaired) electrons. The number of anilines is 1. The molecule has 0 saturated carbocycles. The Labute approximate surface area is 99.9 Å². The fourth-order valence-corrected chi connectivity index (χ4v) is 1.17. The van der Waals surface area contributed by atoms with E-state index >= 15 is 0 Å². The number of halogens is 2. The molecule has 0 bridgehead atoms. The molecule has 0 aliphatic carbocycles. The van der Waals surface area contributed by atoms with Crippen molar-refractivity contribution in [3.05, 3.63) is 45.6 Å². The van der Waals surface area contributed by atoms with Crippen LogP contribution in [0.4, 0.5) is 19.3 Å². The number of hydrogen-bond donors (Lipinski definition) is 1. The van der Waals surface area contributed by atoms with Crippen molar-refractivity contribution in [2.75, 3.05) is 11.9 Å². The number of nitro groups is 1. The molecule has 1 aromatic rings. The third kappa shape index (κ3) is 3.00. The average molecular weight is 258 g/mol. The summed E-state index contributed by atoms with van der Waals surface area (Å²) in [6.45, 7) is 0. The van der Waals surface area contributed by atoms with E-state index in [-0.39, 0.29) is 5.69 Å². The van der Waals surface area contributed by atoms with Gasteiger partial charge >= 0.3 is 6.09 Å². The van der Waals surface area contributed by atoms with E-state index in [1.807, 2.05) is 0 Å². The number of carbonyl (C=O) groups is 1. The Bertz CT molecular complexity index is 508. The monoisotopic (exact) mass is 258 g/mol. The second kappa shape index (κ2) is 5.21. The van der Waals surface area contributed by atoms with E-state index in [0.29, 0.717) is 17.2 Å². The van der Waals surface area contributed by atoms with Crippen LogP contribution in [0.15, 0.2) is 18.3 Å². The molecule has 8 heteroatoms. The van der Waals surface area contributed by atoms with Crippen LogP contribution in [-0.4, -0.2) is 23.2 Å². The molecule has 1 rings (SSSR count). The van der Waals surface area contributed by atoms with Crippen molar-refractivity contribution in [2.45, 2.75) is 0 Å². The van der Waals surface area contributed by atoms with E-state index in [0.717, 1.165) is 19.2 Å². The van der Waals surface area contributed by atoms with Crippen LogP contribution in [0.5, 0.6) is 0 Å². The molecule has 0 aliphatic rings. The van der Waals surface area contributed by atoms with Crippen molar-refractivity contribution < 1.29 is 23.6 Å². The zero-order chi connectivity index (χ0) is 13.9. The van der Waals surface area contributed by atoms with Crippen molar-refractivity contribution in [2.24, 2.45) is 0 Å². The average Bonchev–Trinajstić information content (AvgIpc) is 2.26. The summed E-state index contributed by atoms with van der Waals surface area (Å²) in [4.78, 5) is 20.4. The zero-order valence-corrected chi connectivity index (χ0v) is 9.13. The van der Waals surface area contributed by atoms with Gasteiger partial charge in [0.05, 0.1) is 16.2 Å². The van der Waals surface area contributed by atoms with Crippen molar-refractivity contribution in [1.82, 2.24) is 0 Å². The summed E-state index contributed by atoms with van der Waals surface area (Å²) in [5.74, 6) is -2.17. The number of nitrogens with zero attached hydrogens (tertiary/aromatic N) is 2. The largest absolute Gasteiger partial charge is 0.465 e. The van der Waals surface area contributed by atoms with Gasteiger partial charge in [-0.15, -0.1) is 0 Å². The van der Waals surface area contributed by atoms with E-state index < -0.39 is 28.2 Å². The first-order valence-electron chi connectivity index (χ1n) is 4.60. The molecular weight excluding hydrogens is 250 g/mol. The SMILES string of the molecule is CN(C(=O)O)c1cc(F)c(/C=C/[N+](=O)[O-])c(F)c1. The standard InChI is InChI=1S/C10H8F2N2O4/c1-13(10(15)16)6-4-8(11)7(9(12)5-6)2-3-14(17)18/h2-5H,1H3,(H,15,16)/b3-2+. The Morgan fingerprint density at radius 1 is 1.44 bits per heavy atom. The first-order valence-corrected chi connectivity index (χ1v) is 4.60. The molecule has 96 valence electrons. The summed E-state index contributed by atoms with van der Waals surface area (Å²) >= 11 is 0. The predicted molar refractivity (Wildman–Crippen MR) is 58.8 cm³/mol. The minimum absolute atomic E-state index is 0.212. The molecule has 0 aliphatic heterocycles. The molecule has 6 nitrogen and oxygen atoms in total. The third-order valence-corrected chi connectivity index (χ3v) is 2.10.